The van der Waals surface area contributed by atoms with Crippen LogP contribution in [0.5, 0.6) is 0 Å². The van der Waals surface area contributed by atoms with E-state index in [1.165, 1.54) is 39.5 Å². The fourth-order valence-corrected chi connectivity index (χ4v) is 13.3. The van der Waals surface area contributed by atoms with Crippen LogP contribution in [0.2, 0.25) is 0 Å². The van der Waals surface area contributed by atoms with Gasteiger partial charge in [-0.15, -0.1) is 0 Å². The van der Waals surface area contributed by atoms with Crippen LogP contribution in [0.4, 0.5) is 119 Å². The summed E-state index contributed by atoms with van der Waals surface area (Å²) in [5.74, 6) is 0. The lowest BCUT2D eigenvalue weighted by Crippen LogP contribution is -2.12. The molecule has 0 atom stereocenters. The van der Waals surface area contributed by atoms with Gasteiger partial charge in [-0.25, -0.2) is 0 Å². The summed E-state index contributed by atoms with van der Waals surface area (Å²) in [6, 6.07) is 27.4. The van der Waals surface area contributed by atoms with Crippen LogP contribution in [-0.4, -0.2) is 9.13 Å². The fraction of sp³-hybridized carbons (Fsp3) is 0.117. The zero-order valence-corrected chi connectivity index (χ0v) is 53.0. The van der Waals surface area contributed by atoms with Gasteiger partial charge in [0.15, 0.2) is 0 Å². The van der Waals surface area contributed by atoms with Gasteiger partial charge in [0.25, 0.3) is 0 Å². The number of aromatic nitrogens is 2. The van der Waals surface area contributed by atoms with Crippen molar-refractivity contribution in [3.05, 3.63) is 261 Å². The maximum atomic E-state index is 15.0. The van der Waals surface area contributed by atoms with Crippen LogP contribution in [0.25, 0.3) is 122 Å². The molecule has 4 nitrogen and oxygen atoms in total. The third-order valence-electron chi connectivity index (χ3n) is 18.1. The first-order valence-electron chi connectivity index (χ1n) is 30.8. The minimum Gasteiger partial charge on any atom is -0.309 e. The summed E-state index contributed by atoms with van der Waals surface area (Å²) in [7, 11) is 0. The predicted octanol–water partition coefficient (Wildman–Crippen LogP) is 26.8. The summed E-state index contributed by atoms with van der Waals surface area (Å²) in [5.41, 5.74) is -24.3. The number of nitriles is 2. The maximum Gasteiger partial charge on any atom is 0.417 e. The second-order valence-corrected chi connectivity index (χ2v) is 24.6. The molecule has 0 aliphatic heterocycles. The third-order valence-corrected chi connectivity index (χ3v) is 18.1. The van der Waals surface area contributed by atoms with E-state index < -0.39 is 156 Å². The van der Waals surface area contributed by atoms with Crippen LogP contribution in [0.15, 0.2) is 200 Å². The Kier molecular flexibility index (Phi) is 17.5. The molecule has 2 aromatic heterocycles. The molecule has 0 amide bonds. The highest BCUT2D eigenvalue weighted by atomic mass is 19.4. The normalized spacial score (nSPS) is 13.1. The van der Waals surface area contributed by atoms with Crippen molar-refractivity contribution in [1.29, 1.82) is 10.5 Å². The minimum absolute atomic E-state index is 0.160. The minimum atomic E-state index is -5.54. The number of rotatable bonds is 8. The molecule has 11 aromatic carbocycles. The van der Waals surface area contributed by atoms with Crippen molar-refractivity contribution in [2.24, 2.45) is 0 Å². The Morgan fingerprint density at radius 2 is 0.463 bits per heavy atom. The van der Waals surface area contributed by atoms with Gasteiger partial charge in [0.1, 0.15) is 0 Å². The van der Waals surface area contributed by atoms with Gasteiger partial charge in [0.2, 0.25) is 0 Å². The van der Waals surface area contributed by atoms with Gasteiger partial charge in [-0.1, -0.05) is 60.7 Å². The van der Waals surface area contributed by atoms with E-state index in [-0.39, 0.29) is 107 Å². The summed E-state index contributed by atoms with van der Waals surface area (Å²) in [6.45, 7) is 0. The summed E-state index contributed by atoms with van der Waals surface area (Å²) in [6.07, 6.45) is -48.6. The van der Waals surface area contributed by atoms with Gasteiger partial charge in [0.05, 0.1) is 107 Å². The second-order valence-electron chi connectivity index (χ2n) is 24.6. The Balaban J connectivity index is 1.16. The van der Waals surface area contributed by atoms with E-state index in [1.807, 2.05) is 6.07 Å². The topological polar surface area (TPSA) is 57.4 Å². The van der Waals surface area contributed by atoms with Crippen LogP contribution < -0.4 is 0 Å². The monoisotopic (exact) mass is 1530 g/mol. The molecule has 2 heterocycles. The molecular formula is C77H33F27N4. The Labute approximate surface area is 587 Å². The molecule has 0 aliphatic carbocycles. The Morgan fingerprint density at radius 1 is 0.213 bits per heavy atom. The number of halogens is 27. The molecule has 0 aliphatic rings. The molecular weight excluding hydrogens is 1490 g/mol. The zero-order chi connectivity index (χ0) is 78.5. The van der Waals surface area contributed by atoms with Crippen LogP contribution in [0, 0.1) is 22.7 Å². The molecule has 108 heavy (non-hydrogen) atoms. The molecule has 13 rings (SSSR count). The van der Waals surface area contributed by atoms with Crippen molar-refractivity contribution in [2.75, 3.05) is 0 Å². The molecule has 0 spiro atoms. The quantitative estimate of drug-likeness (QED) is 0.142. The van der Waals surface area contributed by atoms with Crippen molar-refractivity contribution in [2.45, 2.75) is 55.6 Å². The summed E-state index contributed by atoms with van der Waals surface area (Å²) in [4.78, 5) is 0. The molecule has 13 aromatic rings. The largest absolute Gasteiger partial charge is 0.417 e. The predicted molar refractivity (Wildman–Crippen MR) is 342 cm³/mol. The summed E-state index contributed by atoms with van der Waals surface area (Å²) in [5, 5.41) is 20.1. The summed E-state index contributed by atoms with van der Waals surface area (Å²) >= 11 is 0. The highest BCUT2D eigenvalue weighted by Crippen LogP contribution is 2.52. The number of hydrogen-bond donors (Lipinski definition) is 0. The lowest BCUT2D eigenvalue weighted by Gasteiger charge is -2.21. The van der Waals surface area contributed by atoms with Crippen LogP contribution in [0.3, 0.4) is 0 Å². The standard InChI is InChI=1S/C77H33F27N4/c78-69(79,80)43-7-12-48(42(24-43)35-106)37-2-18-64(108-67-21-5-40(51-15-10-46(72(87,88)89)32-61(51)76(99,100)101)28-57(67)58-29-41(6-22-68(58)108)52-16-11-47(73(90,91)92)33-62(52)77(102,103)104)54(25-37)53-23-36(34-105)1-17-63(53)107-65-19-3-38(49-13-8-44(70(81,82)83)30-59(49)74(93,94)95)26-55(65)56-27-39(4-20-66(56)107)50-14-9-45(71(84,85)86)31-60(50)75(96,97)98/h1-33H. The van der Waals surface area contributed by atoms with Crippen molar-refractivity contribution in [1.82, 2.24) is 9.13 Å². The average molecular weight is 1530 g/mol. The lowest BCUT2D eigenvalue weighted by molar-refractivity contribution is -0.144. The Bertz CT molecular complexity index is 5680. The number of benzene rings is 11. The Morgan fingerprint density at radius 3 is 0.731 bits per heavy atom. The highest BCUT2D eigenvalue weighted by Gasteiger charge is 2.44. The molecule has 0 unspecified atom stereocenters. The Hall–Kier alpha value is -11.9. The van der Waals surface area contributed by atoms with Crippen molar-refractivity contribution in [3.63, 3.8) is 0 Å². The van der Waals surface area contributed by atoms with E-state index >= 15 is 52.7 Å². The lowest BCUT2D eigenvalue weighted by atomic mass is 9.92. The molecule has 0 bridgehead atoms. The highest BCUT2D eigenvalue weighted by molar-refractivity contribution is 6.14. The molecule has 0 fully saturated rings. The SMILES string of the molecule is N#Cc1ccc(-n2c3ccc(-c4ccc(C(F)(F)F)cc4C(F)(F)F)cc3c3cc(-c4ccc(C(F)(F)F)cc4C(F)(F)F)ccc32)c(-c2cc(-c3ccc(C(F)(F)F)cc3C#N)ccc2-n2c3ccc(-c4ccc(C(F)(F)F)cc4C(F)(F)F)cc3c3cc(-c4ccc(C(F)(F)F)cc4C(F)(F)F)ccc32)c1. The second kappa shape index (κ2) is 25.4. The van der Waals surface area contributed by atoms with Gasteiger partial charge in [-0.05, 0) is 195 Å². The summed E-state index contributed by atoms with van der Waals surface area (Å²) < 4.78 is 395. The van der Waals surface area contributed by atoms with Crippen LogP contribution >= 0.6 is 0 Å². The number of fused-ring (bicyclic) bond motifs is 6. The van der Waals surface area contributed by atoms with Gasteiger partial charge in [-0.2, -0.15) is 129 Å². The average Bonchev–Trinajstić information content (AvgIpc) is 1.58. The first kappa shape index (κ1) is 74.4. The van der Waals surface area contributed by atoms with E-state index in [2.05, 4.69) is 0 Å². The molecule has 0 saturated carbocycles. The number of hydrogen-bond acceptors (Lipinski definition) is 2. The van der Waals surface area contributed by atoms with Crippen LogP contribution in [0.1, 0.15) is 61.2 Å². The third kappa shape index (κ3) is 13.6. The van der Waals surface area contributed by atoms with Gasteiger partial charge >= 0.3 is 55.6 Å². The molecule has 0 radical (unpaired) electrons. The first-order chi connectivity index (χ1) is 50.1. The van der Waals surface area contributed by atoms with Crippen molar-refractivity contribution < 1.29 is 119 Å². The van der Waals surface area contributed by atoms with E-state index in [0.717, 1.165) is 84.9 Å². The molecule has 550 valence electrons. The smallest absolute Gasteiger partial charge is 0.309 e. The van der Waals surface area contributed by atoms with E-state index in [9.17, 15) is 76.4 Å². The fourth-order valence-electron chi connectivity index (χ4n) is 13.3. The first-order valence-corrected chi connectivity index (χ1v) is 30.8. The number of nitrogens with zero attached hydrogens (tertiary/aromatic N) is 4. The van der Waals surface area contributed by atoms with E-state index in [4.69, 9.17) is 0 Å². The van der Waals surface area contributed by atoms with E-state index in [0.29, 0.717) is 60.7 Å². The van der Waals surface area contributed by atoms with Crippen molar-refractivity contribution in [3.8, 4) is 90.3 Å². The molecule has 0 saturated heterocycles. The van der Waals surface area contributed by atoms with E-state index in [1.54, 1.807) is 6.07 Å². The van der Waals surface area contributed by atoms with Crippen molar-refractivity contribution >= 4 is 43.6 Å². The van der Waals surface area contributed by atoms with Gasteiger partial charge in [-0.3, -0.25) is 0 Å². The van der Waals surface area contributed by atoms with Gasteiger partial charge in [0, 0.05) is 32.7 Å². The number of alkyl halides is 27. The van der Waals surface area contributed by atoms with Crippen LogP contribution in [-0.2, 0) is 55.6 Å². The molecule has 0 N–H and O–H groups in total. The van der Waals surface area contributed by atoms with Gasteiger partial charge < -0.3 is 9.13 Å². The zero-order valence-electron chi connectivity index (χ0n) is 53.0. The molecule has 31 heteroatoms. The maximum absolute atomic E-state index is 15.0.